The van der Waals surface area contributed by atoms with Gasteiger partial charge in [-0.1, -0.05) is 6.92 Å². The molecule has 0 saturated heterocycles. The summed E-state index contributed by atoms with van der Waals surface area (Å²) >= 11 is 1.52. The molecule has 0 saturated carbocycles. The van der Waals surface area contributed by atoms with Crippen LogP contribution in [0.4, 0.5) is 17.3 Å². The Morgan fingerprint density at radius 1 is 1.35 bits per heavy atom. The van der Waals surface area contributed by atoms with Gasteiger partial charge in [-0.15, -0.1) is 11.3 Å². The highest BCUT2D eigenvalue weighted by Gasteiger charge is 2.11. The molecular weight excluding hydrogens is 278 g/mol. The molecule has 0 aromatic carbocycles. The van der Waals surface area contributed by atoms with Crippen LogP contribution in [0.3, 0.4) is 0 Å². The summed E-state index contributed by atoms with van der Waals surface area (Å²) in [6.45, 7) is 3.24. The van der Waals surface area contributed by atoms with Crippen LogP contribution in [0, 0.1) is 10.1 Å². The molecule has 2 N–H and O–H groups in total. The third-order valence-corrected chi connectivity index (χ3v) is 3.26. The molecule has 2 rings (SSSR count). The molecule has 106 valence electrons. The molecule has 0 aliphatic rings. The normalized spacial score (nSPS) is 10.2. The largest absolute Gasteiger partial charge is 0.370 e. The topological polar surface area (TPSA) is 93.0 Å². The van der Waals surface area contributed by atoms with Crippen molar-refractivity contribution in [1.82, 2.24) is 9.97 Å². The maximum atomic E-state index is 10.9. The Labute approximate surface area is 120 Å². The first kappa shape index (κ1) is 14.2. The number of rotatable bonds is 7. The number of nitro groups is 1. The van der Waals surface area contributed by atoms with Crippen molar-refractivity contribution in [2.24, 2.45) is 0 Å². The molecule has 0 atom stereocenters. The number of hydrogen-bond donors (Lipinski definition) is 2. The van der Waals surface area contributed by atoms with Gasteiger partial charge in [0.15, 0.2) is 0 Å². The lowest BCUT2D eigenvalue weighted by molar-refractivity contribution is -0.384. The second-order valence-corrected chi connectivity index (χ2v) is 5.04. The third kappa shape index (κ3) is 3.89. The molecule has 20 heavy (non-hydrogen) atoms. The summed E-state index contributed by atoms with van der Waals surface area (Å²) in [4.78, 5) is 18.9. The fraction of sp³-hybridized carbons (Fsp3) is 0.333. The quantitative estimate of drug-likeness (QED) is 0.602. The maximum Gasteiger partial charge on any atom is 0.276 e. The number of nitrogens with zero attached hydrogens (tertiary/aromatic N) is 3. The van der Waals surface area contributed by atoms with Crippen LogP contribution < -0.4 is 10.6 Å². The van der Waals surface area contributed by atoms with E-state index < -0.39 is 4.92 Å². The SMILES string of the molecule is CCCNc1cc([N+](=O)[O-])cc(NCc2nccs2)n1. The van der Waals surface area contributed by atoms with Crippen molar-refractivity contribution in [3.05, 3.63) is 38.8 Å². The highest BCUT2D eigenvalue weighted by atomic mass is 32.1. The lowest BCUT2D eigenvalue weighted by Gasteiger charge is -2.08. The van der Waals surface area contributed by atoms with E-state index in [1.54, 1.807) is 6.20 Å². The minimum Gasteiger partial charge on any atom is -0.370 e. The summed E-state index contributed by atoms with van der Waals surface area (Å²) in [5.41, 5.74) is 0.0141. The van der Waals surface area contributed by atoms with Crippen LogP contribution in [-0.4, -0.2) is 21.4 Å². The van der Waals surface area contributed by atoms with E-state index in [1.165, 1.54) is 23.5 Å². The molecule has 0 fully saturated rings. The van der Waals surface area contributed by atoms with Crippen molar-refractivity contribution in [2.45, 2.75) is 19.9 Å². The molecule has 2 aromatic heterocycles. The average molecular weight is 293 g/mol. The van der Waals surface area contributed by atoms with E-state index >= 15 is 0 Å². The smallest absolute Gasteiger partial charge is 0.276 e. The number of nitrogens with one attached hydrogen (secondary N) is 2. The van der Waals surface area contributed by atoms with Crippen LogP contribution in [-0.2, 0) is 6.54 Å². The number of pyridine rings is 1. The molecule has 0 radical (unpaired) electrons. The molecule has 0 aliphatic carbocycles. The van der Waals surface area contributed by atoms with Gasteiger partial charge in [0.2, 0.25) is 0 Å². The van der Waals surface area contributed by atoms with Crippen molar-refractivity contribution >= 4 is 28.7 Å². The number of anilines is 2. The van der Waals surface area contributed by atoms with E-state index in [0.717, 1.165) is 18.0 Å². The summed E-state index contributed by atoms with van der Waals surface area (Å²) in [5, 5.41) is 19.8. The lowest BCUT2D eigenvalue weighted by atomic mass is 10.3. The van der Waals surface area contributed by atoms with E-state index in [1.807, 2.05) is 12.3 Å². The van der Waals surface area contributed by atoms with Crippen molar-refractivity contribution in [3.8, 4) is 0 Å². The highest BCUT2D eigenvalue weighted by molar-refractivity contribution is 7.09. The number of thiazole rings is 1. The number of hydrogen-bond acceptors (Lipinski definition) is 7. The van der Waals surface area contributed by atoms with Gasteiger partial charge in [-0.3, -0.25) is 10.1 Å². The predicted molar refractivity (Wildman–Crippen MR) is 79.1 cm³/mol. The zero-order chi connectivity index (χ0) is 14.4. The Morgan fingerprint density at radius 2 is 2.10 bits per heavy atom. The summed E-state index contributed by atoms with van der Waals surface area (Å²) in [6.07, 6.45) is 2.64. The summed E-state index contributed by atoms with van der Waals surface area (Å²) in [6, 6.07) is 2.86. The van der Waals surface area contributed by atoms with Gasteiger partial charge in [-0.25, -0.2) is 9.97 Å². The maximum absolute atomic E-state index is 10.9. The first-order chi connectivity index (χ1) is 9.69. The minimum absolute atomic E-state index is 0.0141. The lowest BCUT2D eigenvalue weighted by Crippen LogP contribution is -2.06. The first-order valence-electron chi connectivity index (χ1n) is 6.21. The molecule has 0 amide bonds. The van der Waals surface area contributed by atoms with Gasteiger partial charge < -0.3 is 10.6 Å². The summed E-state index contributed by atoms with van der Waals surface area (Å²) in [7, 11) is 0. The van der Waals surface area contributed by atoms with Gasteiger partial charge in [0.1, 0.15) is 16.6 Å². The van der Waals surface area contributed by atoms with Gasteiger partial charge >= 0.3 is 0 Å². The second kappa shape index (κ2) is 6.80. The first-order valence-corrected chi connectivity index (χ1v) is 7.09. The van der Waals surface area contributed by atoms with Crippen molar-refractivity contribution in [3.63, 3.8) is 0 Å². The van der Waals surface area contributed by atoms with Crippen LogP contribution in [0.1, 0.15) is 18.4 Å². The van der Waals surface area contributed by atoms with E-state index in [-0.39, 0.29) is 5.69 Å². The van der Waals surface area contributed by atoms with Crippen LogP contribution in [0.25, 0.3) is 0 Å². The molecule has 0 bridgehead atoms. The van der Waals surface area contributed by atoms with Crippen LogP contribution in [0.15, 0.2) is 23.7 Å². The van der Waals surface area contributed by atoms with E-state index in [9.17, 15) is 10.1 Å². The molecule has 0 spiro atoms. The minimum atomic E-state index is -0.423. The standard InChI is InChI=1S/C12H15N5O2S/c1-2-3-13-10-6-9(17(18)19)7-11(16-10)15-8-12-14-4-5-20-12/h4-7H,2-3,8H2,1H3,(H2,13,15,16). The molecule has 2 heterocycles. The zero-order valence-electron chi connectivity index (χ0n) is 11.0. The van der Waals surface area contributed by atoms with Crippen molar-refractivity contribution in [1.29, 1.82) is 0 Å². The Morgan fingerprint density at radius 3 is 2.70 bits per heavy atom. The summed E-state index contributed by atoms with van der Waals surface area (Å²) in [5.74, 6) is 0.968. The molecule has 0 aliphatic heterocycles. The molecule has 8 heteroatoms. The number of aromatic nitrogens is 2. The van der Waals surface area contributed by atoms with Gasteiger partial charge in [-0.2, -0.15) is 0 Å². The van der Waals surface area contributed by atoms with Crippen molar-refractivity contribution < 1.29 is 4.92 Å². The van der Waals surface area contributed by atoms with Gasteiger partial charge in [0, 0.05) is 18.1 Å². The predicted octanol–water partition coefficient (Wildman–Crippen LogP) is 2.88. The molecule has 7 nitrogen and oxygen atoms in total. The molecule has 0 unspecified atom stereocenters. The van der Waals surface area contributed by atoms with Crippen LogP contribution >= 0.6 is 11.3 Å². The Bertz CT molecular complexity index is 573. The van der Waals surface area contributed by atoms with Gasteiger partial charge in [0.05, 0.1) is 23.6 Å². The monoisotopic (exact) mass is 293 g/mol. The van der Waals surface area contributed by atoms with Crippen LogP contribution in [0.5, 0.6) is 0 Å². The van der Waals surface area contributed by atoms with E-state index in [0.29, 0.717) is 18.2 Å². The Balaban J connectivity index is 2.13. The zero-order valence-corrected chi connectivity index (χ0v) is 11.8. The fourth-order valence-corrected chi connectivity index (χ4v) is 2.12. The Hall–Kier alpha value is -2.22. The Kier molecular flexibility index (Phi) is 4.83. The fourth-order valence-electron chi connectivity index (χ4n) is 1.56. The molecule has 2 aromatic rings. The molecular formula is C12H15N5O2S. The van der Waals surface area contributed by atoms with Crippen molar-refractivity contribution in [2.75, 3.05) is 17.2 Å². The van der Waals surface area contributed by atoms with E-state index in [2.05, 4.69) is 20.6 Å². The third-order valence-electron chi connectivity index (χ3n) is 2.48. The van der Waals surface area contributed by atoms with E-state index in [4.69, 9.17) is 0 Å². The average Bonchev–Trinajstić information content (AvgIpc) is 2.96. The second-order valence-electron chi connectivity index (χ2n) is 4.06. The van der Waals surface area contributed by atoms with Gasteiger partial charge in [-0.05, 0) is 6.42 Å². The van der Waals surface area contributed by atoms with Gasteiger partial charge in [0.25, 0.3) is 5.69 Å². The highest BCUT2D eigenvalue weighted by Crippen LogP contribution is 2.21. The van der Waals surface area contributed by atoms with Crippen LogP contribution in [0.2, 0.25) is 0 Å². The summed E-state index contributed by atoms with van der Waals surface area (Å²) < 4.78 is 0.